The predicted molar refractivity (Wildman–Crippen MR) is 122 cm³/mol. The SMILES string of the molecule is Cc1c(NC(=O)CSCc2ccc(Cl)cc2)cccc1C(=O)Nc1ccccc1. The molecule has 0 aliphatic heterocycles. The Bertz CT molecular complexity index is 992. The largest absolute Gasteiger partial charge is 0.325 e. The maximum absolute atomic E-state index is 12.6. The molecule has 29 heavy (non-hydrogen) atoms. The fraction of sp³-hybridized carbons (Fsp3) is 0.130. The summed E-state index contributed by atoms with van der Waals surface area (Å²) in [6, 6.07) is 22.2. The van der Waals surface area contributed by atoms with Gasteiger partial charge < -0.3 is 10.6 Å². The van der Waals surface area contributed by atoms with Crippen LogP contribution in [0, 0.1) is 6.92 Å². The van der Waals surface area contributed by atoms with Gasteiger partial charge in [0.25, 0.3) is 5.91 Å². The second-order valence-corrected chi connectivity index (χ2v) is 7.89. The number of benzene rings is 3. The number of halogens is 1. The molecule has 0 bridgehead atoms. The molecule has 0 spiro atoms. The molecule has 0 aromatic heterocycles. The second-order valence-electron chi connectivity index (χ2n) is 6.47. The van der Waals surface area contributed by atoms with E-state index in [0.717, 1.165) is 22.6 Å². The summed E-state index contributed by atoms with van der Waals surface area (Å²) in [5.41, 5.74) is 3.74. The lowest BCUT2D eigenvalue weighted by Gasteiger charge is -2.13. The molecule has 0 aliphatic rings. The van der Waals surface area contributed by atoms with Crippen molar-refractivity contribution in [2.24, 2.45) is 0 Å². The molecule has 148 valence electrons. The van der Waals surface area contributed by atoms with Crippen molar-refractivity contribution in [3.63, 3.8) is 0 Å². The number of rotatable bonds is 7. The summed E-state index contributed by atoms with van der Waals surface area (Å²) < 4.78 is 0. The zero-order valence-electron chi connectivity index (χ0n) is 15.9. The maximum Gasteiger partial charge on any atom is 0.256 e. The van der Waals surface area contributed by atoms with Crippen LogP contribution >= 0.6 is 23.4 Å². The third kappa shape index (κ3) is 6.11. The highest BCUT2D eigenvalue weighted by Gasteiger charge is 2.13. The van der Waals surface area contributed by atoms with Gasteiger partial charge in [0.15, 0.2) is 0 Å². The number of para-hydroxylation sites is 1. The van der Waals surface area contributed by atoms with E-state index in [0.29, 0.717) is 22.0 Å². The van der Waals surface area contributed by atoms with Crippen molar-refractivity contribution in [3.8, 4) is 0 Å². The average molecular weight is 425 g/mol. The van der Waals surface area contributed by atoms with Crippen LogP contribution in [0.3, 0.4) is 0 Å². The van der Waals surface area contributed by atoms with Gasteiger partial charge in [-0.2, -0.15) is 0 Å². The smallest absolute Gasteiger partial charge is 0.256 e. The predicted octanol–water partition coefficient (Wildman–Crippen LogP) is 5.77. The lowest BCUT2D eigenvalue weighted by Crippen LogP contribution is -2.18. The first-order valence-electron chi connectivity index (χ1n) is 9.11. The zero-order chi connectivity index (χ0) is 20.6. The summed E-state index contributed by atoms with van der Waals surface area (Å²) >= 11 is 7.41. The number of thioether (sulfide) groups is 1. The number of carbonyl (C=O) groups is 2. The van der Waals surface area contributed by atoms with E-state index in [9.17, 15) is 9.59 Å². The summed E-state index contributed by atoms with van der Waals surface area (Å²) in [4.78, 5) is 24.9. The Kier molecular flexibility index (Phi) is 7.33. The molecule has 4 nitrogen and oxygen atoms in total. The maximum atomic E-state index is 12.6. The fourth-order valence-electron chi connectivity index (χ4n) is 2.77. The van der Waals surface area contributed by atoms with Crippen molar-refractivity contribution >= 4 is 46.6 Å². The number of carbonyl (C=O) groups excluding carboxylic acids is 2. The number of hydrogen-bond donors (Lipinski definition) is 2. The van der Waals surface area contributed by atoms with Crippen LogP contribution < -0.4 is 10.6 Å². The van der Waals surface area contributed by atoms with Crippen LogP contribution in [0.15, 0.2) is 72.8 Å². The molecule has 0 heterocycles. The lowest BCUT2D eigenvalue weighted by atomic mass is 10.1. The Labute approximate surface area is 179 Å². The molecule has 0 saturated carbocycles. The molecule has 2 N–H and O–H groups in total. The van der Waals surface area contributed by atoms with E-state index in [4.69, 9.17) is 11.6 Å². The Morgan fingerprint density at radius 2 is 1.62 bits per heavy atom. The quantitative estimate of drug-likeness (QED) is 0.506. The number of amides is 2. The molecule has 2 amide bonds. The van der Waals surface area contributed by atoms with Gasteiger partial charge in [-0.3, -0.25) is 9.59 Å². The summed E-state index contributed by atoms with van der Waals surface area (Å²) in [5, 5.41) is 6.47. The minimum absolute atomic E-state index is 0.104. The van der Waals surface area contributed by atoms with Gasteiger partial charge in [0, 0.05) is 27.7 Å². The van der Waals surface area contributed by atoms with Crippen LogP contribution in [-0.2, 0) is 10.5 Å². The van der Waals surface area contributed by atoms with Crippen LogP contribution in [0.2, 0.25) is 5.02 Å². The molecule has 0 saturated heterocycles. The van der Waals surface area contributed by atoms with E-state index in [1.165, 1.54) is 11.8 Å². The number of nitrogens with one attached hydrogen (secondary N) is 2. The molecule has 0 aliphatic carbocycles. The van der Waals surface area contributed by atoms with Crippen molar-refractivity contribution in [1.29, 1.82) is 0 Å². The van der Waals surface area contributed by atoms with Gasteiger partial charge >= 0.3 is 0 Å². The molecular weight excluding hydrogens is 404 g/mol. The van der Waals surface area contributed by atoms with Gasteiger partial charge in [-0.05, 0) is 54.4 Å². The minimum atomic E-state index is -0.207. The zero-order valence-corrected chi connectivity index (χ0v) is 17.5. The standard InChI is InChI=1S/C23H21ClN2O2S/c1-16-20(23(28)25-19-6-3-2-4-7-19)8-5-9-21(16)26-22(27)15-29-14-17-10-12-18(24)13-11-17/h2-13H,14-15H2,1H3,(H,25,28)(H,26,27). The highest BCUT2D eigenvalue weighted by molar-refractivity contribution is 7.99. The van der Waals surface area contributed by atoms with Gasteiger partial charge in [-0.15, -0.1) is 11.8 Å². The minimum Gasteiger partial charge on any atom is -0.325 e. The fourth-order valence-corrected chi connectivity index (χ4v) is 3.68. The first-order valence-corrected chi connectivity index (χ1v) is 10.6. The van der Waals surface area contributed by atoms with E-state index in [1.807, 2.05) is 61.5 Å². The van der Waals surface area contributed by atoms with Crippen LogP contribution in [0.4, 0.5) is 11.4 Å². The molecule has 0 unspecified atom stereocenters. The summed E-state index contributed by atoms with van der Waals surface area (Å²) in [7, 11) is 0. The molecule has 6 heteroatoms. The van der Waals surface area contributed by atoms with Crippen molar-refractivity contribution < 1.29 is 9.59 Å². The van der Waals surface area contributed by atoms with E-state index in [1.54, 1.807) is 18.2 Å². The van der Waals surface area contributed by atoms with Crippen LogP contribution in [0.25, 0.3) is 0 Å². The van der Waals surface area contributed by atoms with Crippen LogP contribution in [0.1, 0.15) is 21.5 Å². The van der Waals surface area contributed by atoms with Crippen molar-refractivity contribution in [1.82, 2.24) is 0 Å². The van der Waals surface area contributed by atoms with Crippen molar-refractivity contribution in [2.45, 2.75) is 12.7 Å². The average Bonchev–Trinajstić information content (AvgIpc) is 2.72. The molecule has 0 atom stereocenters. The van der Waals surface area contributed by atoms with E-state index >= 15 is 0 Å². The van der Waals surface area contributed by atoms with Gasteiger partial charge in [0.2, 0.25) is 5.91 Å². The summed E-state index contributed by atoms with van der Waals surface area (Å²) in [5.74, 6) is 0.737. The lowest BCUT2D eigenvalue weighted by molar-refractivity contribution is -0.113. The van der Waals surface area contributed by atoms with Crippen molar-refractivity contribution in [3.05, 3.63) is 94.5 Å². The Hall–Kier alpha value is -2.76. The highest BCUT2D eigenvalue weighted by Crippen LogP contribution is 2.21. The Balaban J connectivity index is 1.57. The van der Waals surface area contributed by atoms with Crippen molar-refractivity contribution in [2.75, 3.05) is 16.4 Å². The Morgan fingerprint density at radius 1 is 0.897 bits per heavy atom. The van der Waals surface area contributed by atoms with Gasteiger partial charge in [-0.1, -0.05) is 48.0 Å². The van der Waals surface area contributed by atoms with E-state index in [2.05, 4.69) is 10.6 Å². The monoisotopic (exact) mass is 424 g/mol. The van der Waals surface area contributed by atoms with Crippen LogP contribution in [0.5, 0.6) is 0 Å². The first kappa shape index (κ1) is 21.0. The third-order valence-electron chi connectivity index (χ3n) is 4.30. The molecule has 0 fully saturated rings. The van der Waals surface area contributed by atoms with Gasteiger partial charge in [-0.25, -0.2) is 0 Å². The normalized spacial score (nSPS) is 10.4. The Morgan fingerprint density at radius 3 is 2.34 bits per heavy atom. The third-order valence-corrected chi connectivity index (χ3v) is 5.56. The topological polar surface area (TPSA) is 58.2 Å². The summed E-state index contributed by atoms with van der Waals surface area (Å²) in [6.45, 7) is 1.83. The molecule has 3 aromatic rings. The summed E-state index contributed by atoms with van der Waals surface area (Å²) in [6.07, 6.45) is 0. The number of anilines is 2. The molecule has 3 rings (SSSR count). The van der Waals surface area contributed by atoms with Gasteiger partial charge in [0.05, 0.1) is 5.75 Å². The van der Waals surface area contributed by atoms with E-state index in [-0.39, 0.29) is 11.8 Å². The van der Waals surface area contributed by atoms with E-state index < -0.39 is 0 Å². The second kappa shape index (κ2) is 10.1. The molecule has 3 aromatic carbocycles. The first-order chi connectivity index (χ1) is 14.0. The van der Waals surface area contributed by atoms with Gasteiger partial charge in [0.1, 0.15) is 0 Å². The number of hydrogen-bond acceptors (Lipinski definition) is 3. The van der Waals surface area contributed by atoms with Crippen LogP contribution in [-0.4, -0.2) is 17.6 Å². The molecular formula is C23H21ClN2O2S. The molecule has 0 radical (unpaired) electrons. The highest BCUT2D eigenvalue weighted by atomic mass is 35.5.